The summed E-state index contributed by atoms with van der Waals surface area (Å²) in [5, 5.41) is 0. The molecule has 7 nitrogen and oxygen atoms in total. The molecule has 0 radical (unpaired) electrons. The Labute approximate surface area is 177 Å². The first-order valence-corrected chi connectivity index (χ1v) is 12.7. The molecule has 0 spiro atoms. The van der Waals surface area contributed by atoms with Crippen LogP contribution in [0.2, 0.25) is 0 Å². The molecule has 3 rings (SSSR count). The Morgan fingerprint density at radius 2 is 1.69 bits per heavy atom. The van der Waals surface area contributed by atoms with E-state index in [1.807, 2.05) is 11.2 Å². The Morgan fingerprint density at radius 1 is 1.07 bits per heavy atom. The van der Waals surface area contributed by atoms with E-state index in [9.17, 15) is 18.0 Å². The van der Waals surface area contributed by atoms with Crippen LogP contribution in [0.4, 0.5) is 0 Å². The number of sulfonamides is 1. The van der Waals surface area contributed by atoms with Gasteiger partial charge >= 0.3 is 0 Å². The number of amides is 2. The lowest BCUT2D eigenvalue weighted by molar-refractivity contribution is -0.122. The molecule has 2 amide bonds. The number of piperidine rings is 2. The highest BCUT2D eigenvalue weighted by Gasteiger charge is 2.32. The molecule has 0 aromatic heterocycles. The van der Waals surface area contributed by atoms with Crippen LogP contribution >= 0.6 is 11.8 Å². The van der Waals surface area contributed by atoms with E-state index in [0.29, 0.717) is 37.4 Å². The number of hydrogen-bond acceptors (Lipinski definition) is 5. The average molecular weight is 440 g/mol. The van der Waals surface area contributed by atoms with Gasteiger partial charge in [-0.2, -0.15) is 4.31 Å². The quantitative estimate of drug-likeness (QED) is 0.709. The first kappa shape index (κ1) is 22.1. The van der Waals surface area contributed by atoms with Gasteiger partial charge in [-0.1, -0.05) is 6.92 Å². The van der Waals surface area contributed by atoms with Gasteiger partial charge in [0.2, 0.25) is 15.9 Å². The third-order valence-electron chi connectivity index (χ3n) is 5.97. The molecule has 1 aromatic carbocycles. The summed E-state index contributed by atoms with van der Waals surface area (Å²) in [7, 11) is -3.73. The van der Waals surface area contributed by atoms with E-state index in [0.717, 1.165) is 17.7 Å². The Hall–Kier alpha value is -1.58. The minimum absolute atomic E-state index is 0.106. The zero-order valence-electron chi connectivity index (χ0n) is 17.0. The van der Waals surface area contributed by atoms with Crippen molar-refractivity contribution < 1.29 is 18.0 Å². The predicted molar refractivity (Wildman–Crippen MR) is 113 cm³/mol. The number of benzene rings is 1. The van der Waals surface area contributed by atoms with E-state index >= 15 is 0 Å². The summed E-state index contributed by atoms with van der Waals surface area (Å²) in [5.41, 5.74) is 5.79. The number of rotatable bonds is 5. The summed E-state index contributed by atoms with van der Waals surface area (Å²) in [6.45, 7) is 4.10. The molecule has 0 unspecified atom stereocenters. The summed E-state index contributed by atoms with van der Waals surface area (Å²) in [6.07, 6.45) is 4.66. The molecule has 9 heteroatoms. The van der Waals surface area contributed by atoms with E-state index < -0.39 is 10.0 Å². The van der Waals surface area contributed by atoms with Crippen LogP contribution in [-0.4, -0.2) is 61.9 Å². The number of hydrogen-bond donors (Lipinski definition) is 1. The third kappa shape index (κ3) is 4.78. The van der Waals surface area contributed by atoms with E-state index in [-0.39, 0.29) is 35.7 Å². The maximum absolute atomic E-state index is 13.1. The molecule has 2 saturated heterocycles. The molecule has 1 aromatic rings. The van der Waals surface area contributed by atoms with Crippen molar-refractivity contribution in [2.75, 3.05) is 32.4 Å². The minimum atomic E-state index is -3.73. The maximum Gasteiger partial charge on any atom is 0.255 e. The number of carbonyl (C=O) groups is 2. The normalized spacial score (nSPS) is 20.0. The van der Waals surface area contributed by atoms with Crippen LogP contribution in [0.25, 0.3) is 0 Å². The average Bonchev–Trinajstić information content (AvgIpc) is 2.73. The maximum atomic E-state index is 13.1. The van der Waals surface area contributed by atoms with Crippen LogP contribution in [0, 0.1) is 11.8 Å². The highest BCUT2D eigenvalue weighted by Crippen LogP contribution is 2.29. The van der Waals surface area contributed by atoms with Crippen molar-refractivity contribution in [3.8, 4) is 0 Å². The van der Waals surface area contributed by atoms with Crippen LogP contribution < -0.4 is 5.73 Å². The predicted octanol–water partition coefficient (Wildman–Crippen LogP) is 2.17. The fourth-order valence-corrected chi connectivity index (χ4v) is 5.99. The summed E-state index contributed by atoms with van der Waals surface area (Å²) in [6, 6.07) is 4.80. The summed E-state index contributed by atoms with van der Waals surface area (Å²) in [4.78, 5) is 27.2. The number of thioether (sulfide) groups is 1. The van der Waals surface area contributed by atoms with Gasteiger partial charge in [0.25, 0.3) is 5.91 Å². The zero-order chi connectivity index (χ0) is 21.2. The third-order valence-corrected chi connectivity index (χ3v) is 8.66. The fourth-order valence-electron chi connectivity index (χ4n) is 3.93. The van der Waals surface area contributed by atoms with Crippen molar-refractivity contribution in [1.29, 1.82) is 0 Å². The molecule has 2 heterocycles. The molecule has 2 aliphatic rings. The molecule has 2 fully saturated rings. The monoisotopic (exact) mass is 439 g/mol. The van der Waals surface area contributed by atoms with Gasteiger partial charge in [0.1, 0.15) is 0 Å². The van der Waals surface area contributed by atoms with Gasteiger partial charge in [-0.3, -0.25) is 9.59 Å². The Morgan fingerprint density at radius 3 is 2.24 bits per heavy atom. The van der Waals surface area contributed by atoms with Gasteiger partial charge in [0.15, 0.2) is 0 Å². The van der Waals surface area contributed by atoms with Gasteiger partial charge in [-0.15, -0.1) is 11.8 Å². The van der Waals surface area contributed by atoms with Crippen LogP contribution in [0.1, 0.15) is 43.0 Å². The number of likely N-dealkylation sites (tertiary alicyclic amines) is 1. The minimum Gasteiger partial charge on any atom is -0.369 e. The standard InChI is InChI=1S/C20H29N3O4S2/c1-14-5-9-22(10-6-14)20(25)17-13-16(3-4-18(17)28-2)29(26,27)23-11-7-15(8-12-23)19(21)24/h3-4,13-15H,5-12H2,1-2H3,(H2,21,24). The smallest absolute Gasteiger partial charge is 0.255 e. The van der Waals surface area contributed by atoms with E-state index in [4.69, 9.17) is 5.73 Å². The Kier molecular flexibility index (Phi) is 6.90. The first-order valence-electron chi connectivity index (χ1n) is 10.0. The number of nitrogens with two attached hydrogens (primary N) is 1. The molecule has 0 atom stereocenters. The molecular weight excluding hydrogens is 410 g/mol. The fraction of sp³-hybridized carbons (Fsp3) is 0.600. The largest absolute Gasteiger partial charge is 0.369 e. The lowest BCUT2D eigenvalue weighted by Crippen LogP contribution is -2.41. The molecule has 29 heavy (non-hydrogen) atoms. The van der Waals surface area contributed by atoms with Gasteiger partial charge < -0.3 is 10.6 Å². The van der Waals surface area contributed by atoms with Crippen LogP contribution in [-0.2, 0) is 14.8 Å². The van der Waals surface area contributed by atoms with E-state index in [2.05, 4.69) is 6.92 Å². The number of primary amides is 1. The highest BCUT2D eigenvalue weighted by atomic mass is 32.2. The Balaban J connectivity index is 1.84. The highest BCUT2D eigenvalue weighted by molar-refractivity contribution is 7.98. The topological polar surface area (TPSA) is 101 Å². The van der Waals surface area contributed by atoms with E-state index in [1.165, 1.54) is 22.1 Å². The molecule has 0 saturated carbocycles. The SMILES string of the molecule is CSc1ccc(S(=O)(=O)N2CCC(C(N)=O)CC2)cc1C(=O)N1CCC(C)CC1. The Bertz CT molecular complexity index is 872. The molecule has 0 bridgehead atoms. The van der Waals surface area contributed by atoms with Crippen molar-refractivity contribution in [1.82, 2.24) is 9.21 Å². The van der Waals surface area contributed by atoms with Crippen LogP contribution in [0.3, 0.4) is 0 Å². The van der Waals surface area contributed by atoms with Crippen molar-refractivity contribution in [3.63, 3.8) is 0 Å². The summed E-state index contributed by atoms with van der Waals surface area (Å²) < 4.78 is 27.7. The van der Waals surface area contributed by atoms with Crippen LogP contribution in [0.5, 0.6) is 0 Å². The lowest BCUT2D eigenvalue weighted by Gasteiger charge is -2.31. The van der Waals surface area contributed by atoms with E-state index in [1.54, 1.807) is 12.1 Å². The zero-order valence-corrected chi connectivity index (χ0v) is 18.6. The molecule has 2 aliphatic heterocycles. The molecular formula is C20H29N3O4S2. The van der Waals surface area contributed by atoms with Crippen molar-refractivity contribution in [2.24, 2.45) is 17.6 Å². The second-order valence-electron chi connectivity index (χ2n) is 7.92. The van der Waals surface area contributed by atoms with Gasteiger partial charge in [0, 0.05) is 37.0 Å². The number of nitrogens with zero attached hydrogens (tertiary/aromatic N) is 2. The molecule has 2 N–H and O–H groups in total. The van der Waals surface area contributed by atoms with Gasteiger partial charge in [-0.25, -0.2) is 8.42 Å². The van der Waals surface area contributed by atoms with Crippen molar-refractivity contribution in [2.45, 2.75) is 42.4 Å². The molecule has 0 aliphatic carbocycles. The number of carbonyl (C=O) groups excluding carboxylic acids is 2. The summed E-state index contributed by atoms with van der Waals surface area (Å²) in [5.74, 6) is -0.158. The van der Waals surface area contributed by atoms with Crippen molar-refractivity contribution in [3.05, 3.63) is 23.8 Å². The van der Waals surface area contributed by atoms with Crippen molar-refractivity contribution >= 4 is 33.6 Å². The van der Waals surface area contributed by atoms with Crippen LogP contribution in [0.15, 0.2) is 28.0 Å². The summed E-state index contributed by atoms with van der Waals surface area (Å²) >= 11 is 1.44. The second-order valence-corrected chi connectivity index (χ2v) is 10.7. The first-order chi connectivity index (χ1) is 13.7. The molecule has 160 valence electrons. The van der Waals surface area contributed by atoms with Gasteiger partial charge in [-0.05, 0) is 56.1 Å². The van der Waals surface area contributed by atoms with Gasteiger partial charge in [0.05, 0.1) is 10.5 Å². The lowest BCUT2D eigenvalue weighted by atomic mass is 9.98. The second kappa shape index (κ2) is 9.06.